The second kappa shape index (κ2) is 7.18. The lowest BCUT2D eigenvalue weighted by molar-refractivity contribution is -0.131. The van der Waals surface area contributed by atoms with Gasteiger partial charge in [0.2, 0.25) is 0 Å². The summed E-state index contributed by atoms with van der Waals surface area (Å²) in [5.74, 6) is 0.232. The molecule has 0 spiro atoms. The van der Waals surface area contributed by atoms with Crippen LogP contribution in [0.25, 0.3) is 6.08 Å². The maximum absolute atomic E-state index is 10.5. The van der Waals surface area contributed by atoms with Gasteiger partial charge in [0.25, 0.3) is 0 Å². The third-order valence-corrected chi connectivity index (χ3v) is 5.33. The van der Waals surface area contributed by atoms with Crippen LogP contribution in [-0.2, 0) is 4.79 Å². The van der Waals surface area contributed by atoms with Crippen molar-refractivity contribution in [2.24, 2.45) is 0 Å². The Morgan fingerprint density at radius 2 is 2.40 bits per heavy atom. The molecule has 108 valence electrons. The number of carboxylic acid groups (broad SMARTS) is 1. The van der Waals surface area contributed by atoms with Crippen molar-refractivity contribution < 1.29 is 9.90 Å². The Labute approximate surface area is 132 Å². The van der Waals surface area contributed by atoms with Gasteiger partial charge >= 0.3 is 5.97 Å². The number of halogens is 1. The lowest BCUT2D eigenvalue weighted by atomic mass is 10.1. The molecule has 0 amide bonds. The summed E-state index contributed by atoms with van der Waals surface area (Å²) in [6, 6.07) is 5.99. The standard InChI is InChI=1S/C15H18BrNO2S/c1-2-12-10-17(7-8-20-12)14-5-3-11(9-13(14)16)4-6-15(18)19/h3-6,9,12H,2,7-8,10H2,1H3,(H,18,19)/b6-4+. The molecular weight excluding hydrogens is 338 g/mol. The topological polar surface area (TPSA) is 40.5 Å². The van der Waals surface area contributed by atoms with Crippen molar-refractivity contribution in [3.63, 3.8) is 0 Å². The van der Waals surface area contributed by atoms with E-state index in [1.807, 2.05) is 23.9 Å². The van der Waals surface area contributed by atoms with Gasteiger partial charge in [0.05, 0.1) is 5.69 Å². The number of benzene rings is 1. The Morgan fingerprint density at radius 3 is 3.05 bits per heavy atom. The molecule has 0 aliphatic carbocycles. The summed E-state index contributed by atoms with van der Waals surface area (Å²) in [5, 5.41) is 9.35. The normalized spacial score (nSPS) is 19.5. The van der Waals surface area contributed by atoms with E-state index in [1.165, 1.54) is 12.1 Å². The van der Waals surface area contributed by atoms with Gasteiger partial charge in [0, 0.05) is 34.6 Å². The predicted octanol–water partition coefficient (Wildman–Crippen LogP) is 3.88. The number of carbonyl (C=O) groups is 1. The van der Waals surface area contributed by atoms with Crippen molar-refractivity contribution in [3.05, 3.63) is 34.3 Å². The second-order valence-electron chi connectivity index (χ2n) is 4.73. The van der Waals surface area contributed by atoms with Crippen molar-refractivity contribution in [3.8, 4) is 0 Å². The number of carboxylic acids is 1. The maximum atomic E-state index is 10.5. The van der Waals surface area contributed by atoms with Gasteiger partial charge in [-0.1, -0.05) is 13.0 Å². The first-order valence-electron chi connectivity index (χ1n) is 6.67. The summed E-state index contributed by atoms with van der Waals surface area (Å²) in [5.41, 5.74) is 2.08. The number of thioether (sulfide) groups is 1. The van der Waals surface area contributed by atoms with E-state index >= 15 is 0 Å². The first-order valence-corrected chi connectivity index (χ1v) is 8.51. The summed E-state index contributed by atoms with van der Waals surface area (Å²) in [6.07, 6.45) is 3.96. The van der Waals surface area contributed by atoms with Crippen LogP contribution in [0.1, 0.15) is 18.9 Å². The summed E-state index contributed by atoms with van der Waals surface area (Å²) < 4.78 is 1.02. The lowest BCUT2D eigenvalue weighted by Crippen LogP contribution is -2.37. The van der Waals surface area contributed by atoms with Gasteiger partial charge in [-0.25, -0.2) is 4.79 Å². The molecule has 1 aromatic rings. The SMILES string of the molecule is CCC1CN(c2ccc(/C=C/C(=O)O)cc2Br)CCS1. The molecule has 3 nitrogen and oxygen atoms in total. The number of hydrogen-bond donors (Lipinski definition) is 1. The van der Waals surface area contributed by atoms with Crippen LogP contribution in [0.5, 0.6) is 0 Å². The molecule has 1 fully saturated rings. The third kappa shape index (κ3) is 4.03. The molecule has 1 unspecified atom stereocenters. The quantitative estimate of drug-likeness (QED) is 0.832. The highest BCUT2D eigenvalue weighted by Gasteiger charge is 2.20. The molecule has 0 aromatic heterocycles. The molecule has 1 aromatic carbocycles. The zero-order valence-corrected chi connectivity index (χ0v) is 13.8. The third-order valence-electron chi connectivity index (χ3n) is 3.32. The highest BCUT2D eigenvalue weighted by atomic mass is 79.9. The minimum absolute atomic E-state index is 0.697. The largest absolute Gasteiger partial charge is 0.478 e. The van der Waals surface area contributed by atoms with E-state index in [2.05, 4.69) is 33.8 Å². The van der Waals surface area contributed by atoms with E-state index in [0.717, 1.165) is 35.0 Å². The average Bonchev–Trinajstić information content (AvgIpc) is 2.45. The summed E-state index contributed by atoms with van der Waals surface area (Å²) in [7, 11) is 0. The highest BCUT2D eigenvalue weighted by Crippen LogP contribution is 2.32. The molecule has 1 heterocycles. The number of aliphatic carboxylic acids is 1. The van der Waals surface area contributed by atoms with E-state index in [-0.39, 0.29) is 0 Å². The maximum Gasteiger partial charge on any atom is 0.328 e. The molecule has 1 N–H and O–H groups in total. The van der Waals surface area contributed by atoms with Gasteiger partial charge in [-0.3, -0.25) is 0 Å². The Kier molecular flexibility index (Phi) is 5.54. The zero-order chi connectivity index (χ0) is 14.5. The second-order valence-corrected chi connectivity index (χ2v) is 6.99. The van der Waals surface area contributed by atoms with E-state index in [1.54, 1.807) is 6.08 Å². The molecular formula is C15H18BrNO2S. The Morgan fingerprint density at radius 1 is 1.60 bits per heavy atom. The predicted molar refractivity (Wildman–Crippen MR) is 89.6 cm³/mol. The van der Waals surface area contributed by atoms with Crippen molar-refractivity contribution in [1.29, 1.82) is 0 Å². The highest BCUT2D eigenvalue weighted by molar-refractivity contribution is 9.10. The van der Waals surface area contributed by atoms with Gasteiger partial charge < -0.3 is 10.0 Å². The van der Waals surface area contributed by atoms with Gasteiger partial charge in [0.1, 0.15) is 0 Å². The van der Waals surface area contributed by atoms with Crippen molar-refractivity contribution in [1.82, 2.24) is 0 Å². The zero-order valence-electron chi connectivity index (χ0n) is 11.4. The van der Waals surface area contributed by atoms with Crippen LogP contribution in [0.4, 0.5) is 5.69 Å². The van der Waals surface area contributed by atoms with Gasteiger partial charge in [-0.2, -0.15) is 11.8 Å². The number of anilines is 1. The molecule has 0 bridgehead atoms. The molecule has 0 saturated carbocycles. The van der Waals surface area contributed by atoms with Crippen LogP contribution >= 0.6 is 27.7 Å². The molecule has 1 saturated heterocycles. The minimum Gasteiger partial charge on any atom is -0.478 e. The fourth-order valence-electron chi connectivity index (χ4n) is 2.24. The first-order chi connectivity index (χ1) is 9.60. The molecule has 1 aliphatic heterocycles. The average molecular weight is 356 g/mol. The monoisotopic (exact) mass is 355 g/mol. The fourth-order valence-corrected chi connectivity index (χ4v) is 4.06. The van der Waals surface area contributed by atoms with E-state index in [4.69, 9.17) is 5.11 Å². The van der Waals surface area contributed by atoms with Crippen LogP contribution in [0.3, 0.4) is 0 Å². The van der Waals surface area contributed by atoms with Crippen LogP contribution in [-0.4, -0.2) is 35.2 Å². The van der Waals surface area contributed by atoms with Crippen LogP contribution < -0.4 is 4.90 Å². The fraction of sp³-hybridized carbons (Fsp3) is 0.400. The van der Waals surface area contributed by atoms with Gasteiger partial charge in [0.15, 0.2) is 0 Å². The van der Waals surface area contributed by atoms with E-state index in [0.29, 0.717) is 5.25 Å². The van der Waals surface area contributed by atoms with Crippen LogP contribution in [0.2, 0.25) is 0 Å². The molecule has 0 radical (unpaired) electrons. The van der Waals surface area contributed by atoms with Crippen LogP contribution in [0, 0.1) is 0 Å². The molecule has 5 heteroatoms. The Hall–Kier alpha value is -0.940. The molecule has 1 aliphatic rings. The van der Waals surface area contributed by atoms with Crippen molar-refractivity contribution in [2.45, 2.75) is 18.6 Å². The summed E-state index contributed by atoms with van der Waals surface area (Å²) >= 11 is 5.65. The smallest absolute Gasteiger partial charge is 0.328 e. The number of rotatable bonds is 4. The Bertz CT molecular complexity index is 519. The summed E-state index contributed by atoms with van der Waals surface area (Å²) in [6.45, 7) is 4.37. The van der Waals surface area contributed by atoms with E-state index in [9.17, 15) is 4.79 Å². The van der Waals surface area contributed by atoms with Crippen molar-refractivity contribution in [2.75, 3.05) is 23.7 Å². The molecule has 2 rings (SSSR count). The molecule has 1 atom stereocenters. The van der Waals surface area contributed by atoms with Gasteiger partial charge in [-0.15, -0.1) is 0 Å². The van der Waals surface area contributed by atoms with E-state index < -0.39 is 5.97 Å². The van der Waals surface area contributed by atoms with Crippen LogP contribution in [0.15, 0.2) is 28.7 Å². The Balaban J connectivity index is 2.15. The van der Waals surface area contributed by atoms with Gasteiger partial charge in [-0.05, 0) is 46.1 Å². The first kappa shape index (κ1) is 15.4. The number of nitrogens with zero attached hydrogens (tertiary/aromatic N) is 1. The number of hydrogen-bond acceptors (Lipinski definition) is 3. The minimum atomic E-state index is -0.927. The molecule has 20 heavy (non-hydrogen) atoms. The van der Waals surface area contributed by atoms with Crippen molar-refractivity contribution >= 4 is 45.4 Å². The lowest BCUT2D eigenvalue weighted by Gasteiger charge is -2.34. The summed E-state index contributed by atoms with van der Waals surface area (Å²) in [4.78, 5) is 12.9.